The van der Waals surface area contributed by atoms with Gasteiger partial charge in [0, 0.05) is 12.0 Å². The zero-order chi connectivity index (χ0) is 14.8. The second kappa shape index (κ2) is 5.38. The molecule has 1 rings (SSSR count). The molecule has 0 unspecified atom stereocenters. The van der Waals surface area contributed by atoms with Crippen LogP contribution in [0.3, 0.4) is 0 Å². The van der Waals surface area contributed by atoms with E-state index < -0.39 is 28.9 Å². The van der Waals surface area contributed by atoms with Gasteiger partial charge < -0.3 is 11.1 Å². The van der Waals surface area contributed by atoms with Gasteiger partial charge >= 0.3 is 6.18 Å². The quantitative estimate of drug-likeness (QED) is 0.897. The fourth-order valence-electron chi connectivity index (χ4n) is 1.48. The Bertz CT molecular complexity index is 481. The van der Waals surface area contributed by atoms with Gasteiger partial charge in [0.1, 0.15) is 0 Å². The highest BCUT2D eigenvalue weighted by atomic mass is 35.5. The van der Waals surface area contributed by atoms with Crippen LogP contribution >= 0.6 is 11.6 Å². The third-order valence-electron chi connectivity index (χ3n) is 2.20. The van der Waals surface area contributed by atoms with Crippen LogP contribution in [0.5, 0.6) is 0 Å². The van der Waals surface area contributed by atoms with Crippen molar-refractivity contribution in [3.63, 3.8) is 0 Å². The van der Waals surface area contributed by atoms with Gasteiger partial charge in [0.15, 0.2) is 0 Å². The number of carbonyl (C=O) groups excluding carboxylic acids is 1. The molecule has 0 fully saturated rings. The van der Waals surface area contributed by atoms with Gasteiger partial charge in [-0.25, -0.2) is 0 Å². The Labute approximate surface area is 113 Å². The minimum absolute atomic E-state index is 0.116. The van der Waals surface area contributed by atoms with Crippen LogP contribution in [0.1, 0.15) is 25.8 Å². The molecule has 0 radical (unpaired) electrons. The summed E-state index contributed by atoms with van der Waals surface area (Å²) in [5, 5.41) is 2.00. The van der Waals surface area contributed by atoms with Crippen molar-refractivity contribution < 1.29 is 18.0 Å². The van der Waals surface area contributed by atoms with Crippen molar-refractivity contribution in [1.82, 2.24) is 0 Å². The van der Waals surface area contributed by atoms with Crippen molar-refractivity contribution in [2.24, 2.45) is 5.73 Å². The molecule has 0 aliphatic heterocycles. The van der Waals surface area contributed by atoms with Crippen LogP contribution in [0.25, 0.3) is 0 Å². The molecule has 0 bridgehead atoms. The molecule has 0 aromatic heterocycles. The highest BCUT2D eigenvalue weighted by molar-refractivity contribution is 6.34. The molecule has 106 valence electrons. The number of benzene rings is 1. The van der Waals surface area contributed by atoms with Crippen LogP contribution in [0, 0.1) is 0 Å². The number of nitrogens with two attached hydrogens (primary N) is 1. The van der Waals surface area contributed by atoms with Gasteiger partial charge in [-0.2, -0.15) is 13.2 Å². The summed E-state index contributed by atoms with van der Waals surface area (Å²) in [6, 6.07) is 3.31. The van der Waals surface area contributed by atoms with Crippen LogP contribution < -0.4 is 11.1 Å². The molecule has 1 aromatic rings. The maximum Gasteiger partial charge on any atom is 0.418 e. The van der Waals surface area contributed by atoms with Crippen molar-refractivity contribution in [2.75, 3.05) is 5.32 Å². The summed E-state index contributed by atoms with van der Waals surface area (Å²) in [5.74, 6) is -0.619. The molecule has 0 atom stereocenters. The summed E-state index contributed by atoms with van der Waals surface area (Å²) in [6.07, 6.45) is -4.71. The standard InChI is InChI=1S/C12H14ClF3N2O/c1-11(2,17)6-9(19)18-10-7(12(14,15)16)4-3-5-8(10)13/h3-5H,6,17H2,1-2H3,(H,18,19). The predicted molar refractivity (Wildman–Crippen MR) is 68.0 cm³/mol. The lowest BCUT2D eigenvalue weighted by Crippen LogP contribution is -2.36. The first-order valence-corrected chi connectivity index (χ1v) is 5.83. The molecule has 0 saturated heterocycles. The maximum absolute atomic E-state index is 12.8. The highest BCUT2D eigenvalue weighted by Gasteiger charge is 2.35. The van der Waals surface area contributed by atoms with E-state index in [1.54, 1.807) is 13.8 Å². The molecule has 19 heavy (non-hydrogen) atoms. The first kappa shape index (κ1) is 15.8. The molecule has 1 amide bonds. The van der Waals surface area contributed by atoms with Gasteiger partial charge in [0.25, 0.3) is 0 Å². The van der Waals surface area contributed by atoms with Gasteiger partial charge in [-0.3, -0.25) is 4.79 Å². The number of rotatable bonds is 3. The SMILES string of the molecule is CC(C)(N)CC(=O)Nc1c(Cl)cccc1C(F)(F)F. The van der Waals surface area contributed by atoms with E-state index in [-0.39, 0.29) is 11.4 Å². The minimum Gasteiger partial charge on any atom is -0.325 e. The highest BCUT2D eigenvalue weighted by Crippen LogP contribution is 2.38. The number of alkyl halides is 3. The smallest absolute Gasteiger partial charge is 0.325 e. The van der Waals surface area contributed by atoms with E-state index in [0.717, 1.165) is 6.07 Å². The number of anilines is 1. The van der Waals surface area contributed by atoms with Crippen molar-refractivity contribution in [1.29, 1.82) is 0 Å². The third kappa shape index (κ3) is 4.72. The van der Waals surface area contributed by atoms with Crippen LogP contribution in [0.15, 0.2) is 18.2 Å². The van der Waals surface area contributed by atoms with Crippen LogP contribution in [-0.2, 0) is 11.0 Å². The molecule has 3 N–H and O–H groups in total. The lowest BCUT2D eigenvalue weighted by Gasteiger charge is -2.19. The van der Waals surface area contributed by atoms with E-state index in [1.807, 2.05) is 0 Å². The molecule has 0 heterocycles. The first-order chi connectivity index (χ1) is 8.50. The van der Waals surface area contributed by atoms with Gasteiger partial charge in [-0.05, 0) is 26.0 Å². The van der Waals surface area contributed by atoms with E-state index in [2.05, 4.69) is 5.32 Å². The summed E-state index contributed by atoms with van der Waals surface area (Å²) in [4.78, 5) is 11.6. The van der Waals surface area contributed by atoms with Crippen LogP contribution in [0.4, 0.5) is 18.9 Å². The maximum atomic E-state index is 12.8. The number of amides is 1. The Morgan fingerprint density at radius 1 is 1.37 bits per heavy atom. The molecule has 1 aromatic carbocycles. The Morgan fingerprint density at radius 3 is 2.42 bits per heavy atom. The number of para-hydroxylation sites is 1. The Morgan fingerprint density at radius 2 is 1.95 bits per heavy atom. The molecular formula is C12H14ClF3N2O. The molecule has 3 nitrogen and oxygen atoms in total. The molecule has 0 saturated carbocycles. The Hall–Kier alpha value is -1.27. The molecule has 0 spiro atoms. The molecule has 0 aliphatic carbocycles. The fourth-order valence-corrected chi connectivity index (χ4v) is 1.71. The predicted octanol–water partition coefficient (Wildman–Crippen LogP) is 3.42. The zero-order valence-corrected chi connectivity index (χ0v) is 11.2. The Balaban J connectivity index is 3.04. The van der Waals surface area contributed by atoms with Crippen molar-refractivity contribution in [3.8, 4) is 0 Å². The van der Waals surface area contributed by atoms with Gasteiger partial charge in [0.05, 0.1) is 16.3 Å². The number of halogens is 4. The summed E-state index contributed by atoms with van der Waals surface area (Å²) >= 11 is 5.70. The van der Waals surface area contributed by atoms with E-state index in [0.29, 0.717) is 0 Å². The second-order valence-corrected chi connectivity index (χ2v) is 5.28. The summed E-state index contributed by atoms with van der Waals surface area (Å²) in [6.45, 7) is 3.20. The lowest BCUT2D eigenvalue weighted by molar-refractivity contribution is -0.137. The van der Waals surface area contributed by atoms with Crippen molar-refractivity contribution in [3.05, 3.63) is 28.8 Å². The largest absolute Gasteiger partial charge is 0.418 e. The Kier molecular flexibility index (Phi) is 4.47. The monoisotopic (exact) mass is 294 g/mol. The zero-order valence-electron chi connectivity index (χ0n) is 10.4. The molecule has 0 aliphatic rings. The van der Waals surface area contributed by atoms with Crippen molar-refractivity contribution in [2.45, 2.75) is 32.0 Å². The van der Waals surface area contributed by atoms with E-state index >= 15 is 0 Å². The number of hydrogen-bond donors (Lipinski definition) is 2. The van der Waals surface area contributed by atoms with Gasteiger partial charge in [-0.1, -0.05) is 17.7 Å². The first-order valence-electron chi connectivity index (χ1n) is 5.45. The second-order valence-electron chi connectivity index (χ2n) is 4.87. The van der Waals surface area contributed by atoms with E-state index in [4.69, 9.17) is 17.3 Å². The average molecular weight is 295 g/mol. The summed E-state index contributed by atoms with van der Waals surface area (Å²) in [5.41, 5.74) is 3.40. The molecule has 7 heteroatoms. The lowest BCUT2D eigenvalue weighted by atomic mass is 10.0. The van der Waals surface area contributed by atoms with Crippen molar-refractivity contribution >= 4 is 23.2 Å². The average Bonchev–Trinajstić information content (AvgIpc) is 2.16. The van der Waals surface area contributed by atoms with Gasteiger partial charge in [-0.15, -0.1) is 0 Å². The number of nitrogens with one attached hydrogen (secondary N) is 1. The number of carbonyl (C=O) groups is 1. The van der Waals surface area contributed by atoms with Gasteiger partial charge in [0.2, 0.25) is 5.91 Å². The number of hydrogen-bond acceptors (Lipinski definition) is 2. The molecular weight excluding hydrogens is 281 g/mol. The summed E-state index contributed by atoms with van der Waals surface area (Å²) < 4.78 is 38.3. The van der Waals surface area contributed by atoms with Crippen LogP contribution in [-0.4, -0.2) is 11.4 Å². The van der Waals surface area contributed by atoms with E-state index in [1.165, 1.54) is 12.1 Å². The summed E-state index contributed by atoms with van der Waals surface area (Å²) in [7, 11) is 0. The fraction of sp³-hybridized carbons (Fsp3) is 0.417. The minimum atomic E-state index is -4.59. The van der Waals surface area contributed by atoms with Crippen LogP contribution in [0.2, 0.25) is 5.02 Å². The normalized spacial score (nSPS) is 12.4. The third-order valence-corrected chi connectivity index (χ3v) is 2.51. The van der Waals surface area contributed by atoms with E-state index in [9.17, 15) is 18.0 Å². The topological polar surface area (TPSA) is 55.1 Å².